The van der Waals surface area contributed by atoms with Gasteiger partial charge in [-0.1, -0.05) is 31.9 Å². The molecule has 4 heteroatoms. The van der Waals surface area contributed by atoms with E-state index in [9.17, 15) is 9.90 Å². The molecule has 0 spiro atoms. The molecule has 0 unspecified atom stereocenters. The summed E-state index contributed by atoms with van der Waals surface area (Å²) in [4.78, 5) is 16.0. The van der Waals surface area contributed by atoms with E-state index in [2.05, 4.69) is 6.92 Å². The zero-order valence-corrected chi connectivity index (χ0v) is 11.8. The Kier molecular flexibility index (Phi) is 3.24. The third-order valence-corrected chi connectivity index (χ3v) is 4.66. The molecule has 1 heterocycles. The molecule has 0 radical (unpaired) electrons. The van der Waals surface area contributed by atoms with Crippen LogP contribution < -0.4 is 0 Å². The molecule has 1 fully saturated rings. The Morgan fingerprint density at radius 3 is 2.70 bits per heavy atom. The number of nitrogens with zero attached hydrogens (tertiary/aromatic N) is 2. The van der Waals surface area contributed by atoms with Crippen LogP contribution in [0.4, 0.5) is 0 Å². The first-order valence-corrected chi connectivity index (χ1v) is 7.34. The van der Waals surface area contributed by atoms with Gasteiger partial charge >= 0.3 is 5.97 Å². The first-order valence-electron chi connectivity index (χ1n) is 7.34. The summed E-state index contributed by atoms with van der Waals surface area (Å²) in [5.74, 6) is 0.166. The quantitative estimate of drug-likeness (QED) is 0.928. The molecule has 1 aliphatic rings. The van der Waals surface area contributed by atoms with Crippen molar-refractivity contribution in [2.24, 2.45) is 0 Å². The zero-order valence-electron chi connectivity index (χ0n) is 11.8. The van der Waals surface area contributed by atoms with Crippen LogP contribution in [-0.2, 0) is 16.8 Å². The van der Waals surface area contributed by atoms with Gasteiger partial charge in [0.15, 0.2) is 0 Å². The Balaban J connectivity index is 2.20. The Labute approximate surface area is 118 Å². The molecule has 3 rings (SSSR count). The number of carbonyl (C=O) groups is 1. The lowest BCUT2D eigenvalue weighted by Crippen LogP contribution is -2.27. The van der Waals surface area contributed by atoms with E-state index >= 15 is 0 Å². The molecule has 20 heavy (non-hydrogen) atoms. The van der Waals surface area contributed by atoms with Crippen LogP contribution in [0.25, 0.3) is 11.0 Å². The molecule has 106 valence electrons. The van der Waals surface area contributed by atoms with Gasteiger partial charge in [-0.25, -0.2) is 4.98 Å². The fourth-order valence-corrected chi connectivity index (χ4v) is 3.56. The molecule has 0 amide bonds. The molecule has 0 saturated heterocycles. The van der Waals surface area contributed by atoms with Crippen molar-refractivity contribution in [1.82, 2.24) is 9.55 Å². The Hall–Kier alpha value is -1.84. The second-order valence-corrected chi connectivity index (χ2v) is 5.74. The van der Waals surface area contributed by atoms with Gasteiger partial charge in [0.1, 0.15) is 12.4 Å². The molecule has 4 nitrogen and oxygen atoms in total. The lowest BCUT2D eigenvalue weighted by Gasteiger charge is -2.27. The molecular formula is C16H20N2O2. The van der Waals surface area contributed by atoms with E-state index in [4.69, 9.17) is 4.98 Å². The maximum atomic E-state index is 11.2. The van der Waals surface area contributed by atoms with Crippen molar-refractivity contribution in [3.63, 3.8) is 0 Å². The van der Waals surface area contributed by atoms with E-state index in [1.807, 2.05) is 28.8 Å². The monoisotopic (exact) mass is 272 g/mol. The van der Waals surface area contributed by atoms with E-state index in [1.54, 1.807) is 0 Å². The van der Waals surface area contributed by atoms with E-state index in [1.165, 1.54) is 12.8 Å². The average molecular weight is 272 g/mol. The van der Waals surface area contributed by atoms with Crippen LogP contribution in [0.1, 0.15) is 44.9 Å². The minimum atomic E-state index is -0.807. The standard InChI is InChI=1S/C16H20N2O2/c1-2-16(9-5-6-10-16)15-17-12-7-3-4-8-13(12)18(15)11-14(19)20/h3-4,7-8H,2,5-6,9-11H2,1H3,(H,19,20). The van der Waals surface area contributed by atoms with Crippen molar-refractivity contribution >= 4 is 17.0 Å². The third kappa shape index (κ3) is 1.99. The van der Waals surface area contributed by atoms with E-state index in [0.717, 1.165) is 36.1 Å². The largest absolute Gasteiger partial charge is 0.480 e. The number of benzene rings is 1. The van der Waals surface area contributed by atoms with Gasteiger partial charge < -0.3 is 9.67 Å². The summed E-state index contributed by atoms with van der Waals surface area (Å²) in [6, 6.07) is 7.83. The fourth-order valence-electron chi connectivity index (χ4n) is 3.56. The van der Waals surface area contributed by atoms with Crippen molar-refractivity contribution in [2.75, 3.05) is 0 Å². The van der Waals surface area contributed by atoms with E-state index < -0.39 is 5.97 Å². The van der Waals surface area contributed by atoms with Gasteiger partial charge in [0, 0.05) is 5.41 Å². The Morgan fingerprint density at radius 2 is 2.05 bits per heavy atom. The van der Waals surface area contributed by atoms with Crippen LogP contribution in [0.3, 0.4) is 0 Å². The Morgan fingerprint density at radius 1 is 1.35 bits per heavy atom. The Bertz CT molecular complexity index is 639. The lowest BCUT2D eigenvalue weighted by atomic mass is 9.82. The fraction of sp³-hybridized carbons (Fsp3) is 0.500. The molecule has 0 atom stereocenters. The third-order valence-electron chi connectivity index (χ3n) is 4.66. The molecule has 1 N–H and O–H groups in total. The summed E-state index contributed by atoms with van der Waals surface area (Å²) in [5.41, 5.74) is 1.90. The number of hydrogen-bond donors (Lipinski definition) is 1. The van der Waals surface area contributed by atoms with Gasteiger partial charge in [-0.2, -0.15) is 0 Å². The number of aliphatic carboxylic acids is 1. The predicted octanol–water partition coefficient (Wildman–Crippen LogP) is 3.34. The maximum absolute atomic E-state index is 11.2. The normalized spacial score (nSPS) is 17.6. The SMILES string of the molecule is CCC1(c2nc3ccccc3n2CC(=O)O)CCCC1. The van der Waals surface area contributed by atoms with Crippen LogP contribution in [0.5, 0.6) is 0 Å². The molecule has 0 aliphatic heterocycles. The molecule has 1 aromatic heterocycles. The number of hydrogen-bond acceptors (Lipinski definition) is 2. The van der Waals surface area contributed by atoms with Gasteiger partial charge in [-0.3, -0.25) is 4.79 Å². The minimum Gasteiger partial charge on any atom is -0.480 e. The van der Waals surface area contributed by atoms with Gasteiger partial charge in [0.2, 0.25) is 0 Å². The lowest BCUT2D eigenvalue weighted by molar-refractivity contribution is -0.137. The zero-order chi connectivity index (χ0) is 14.2. The smallest absolute Gasteiger partial charge is 0.323 e. The van der Waals surface area contributed by atoms with Gasteiger partial charge in [-0.05, 0) is 31.4 Å². The van der Waals surface area contributed by atoms with Crippen LogP contribution in [0.2, 0.25) is 0 Å². The van der Waals surface area contributed by atoms with Gasteiger partial charge in [0.05, 0.1) is 11.0 Å². The molecule has 1 aromatic carbocycles. The number of fused-ring (bicyclic) bond motifs is 1. The van der Waals surface area contributed by atoms with Crippen LogP contribution in [0.15, 0.2) is 24.3 Å². The number of aromatic nitrogens is 2. The predicted molar refractivity (Wildman–Crippen MR) is 77.8 cm³/mol. The number of carboxylic acid groups (broad SMARTS) is 1. The van der Waals surface area contributed by atoms with Crippen molar-refractivity contribution < 1.29 is 9.90 Å². The summed E-state index contributed by atoms with van der Waals surface area (Å²) in [6.45, 7) is 2.19. The highest BCUT2D eigenvalue weighted by atomic mass is 16.4. The second-order valence-electron chi connectivity index (χ2n) is 5.74. The molecule has 1 saturated carbocycles. The van der Waals surface area contributed by atoms with E-state index in [0.29, 0.717) is 0 Å². The highest BCUT2D eigenvalue weighted by Crippen LogP contribution is 2.44. The number of para-hydroxylation sites is 2. The topological polar surface area (TPSA) is 55.1 Å². The first-order chi connectivity index (χ1) is 9.66. The van der Waals surface area contributed by atoms with E-state index in [-0.39, 0.29) is 12.0 Å². The summed E-state index contributed by atoms with van der Waals surface area (Å²) >= 11 is 0. The van der Waals surface area contributed by atoms with Crippen molar-refractivity contribution in [3.05, 3.63) is 30.1 Å². The number of rotatable bonds is 4. The van der Waals surface area contributed by atoms with Crippen LogP contribution >= 0.6 is 0 Å². The van der Waals surface area contributed by atoms with Crippen molar-refractivity contribution in [3.8, 4) is 0 Å². The van der Waals surface area contributed by atoms with Crippen molar-refractivity contribution in [1.29, 1.82) is 0 Å². The second kappa shape index (κ2) is 4.93. The van der Waals surface area contributed by atoms with Crippen LogP contribution in [0, 0.1) is 0 Å². The molecule has 2 aromatic rings. The first kappa shape index (κ1) is 13.2. The number of imidazole rings is 1. The summed E-state index contributed by atoms with van der Waals surface area (Å²) in [7, 11) is 0. The van der Waals surface area contributed by atoms with Gasteiger partial charge in [-0.15, -0.1) is 0 Å². The van der Waals surface area contributed by atoms with Crippen molar-refractivity contribution in [2.45, 2.75) is 51.0 Å². The van der Waals surface area contributed by atoms with Gasteiger partial charge in [0.25, 0.3) is 0 Å². The highest BCUT2D eigenvalue weighted by Gasteiger charge is 2.38. The minimum absolute atomic E-state index is 0.00238. The number of carboxylic acids is 1. The average Bonchev–Trinajstić information content (AvgIpc) is 3.04. The molecular weight excluding hydrogens is 252 g/mol. The highest BCUT2D eigenvalue weighted by molar-refractivity contribution is 5.78. The summed E-state index contributed by atoms with van der Waals surface area (Å²) < 4.78 is 1.91. The summed E-state index contributed by atoms with van der Waals surface area (Å²) in [6.07, 6.45) is 5.68. The molecule has 0 bridgehead atoms. The maximum Gasteiger partial charge on any atom is 0.323 e. The molecule has 1 aliphatic carbocycles. The van der Waals surface area contributed by atoms with Crippen LogP contribution in [-0.4, -0.2) is 20.6 Å². The summed E-state index contributed by atoms with van der Waals surface area (Å²) in [5, 5.41) is 9.22.